The Hall–Kier alpha value is -2.97. The van der Waals surface area contributed by atoms with E-state index in [1.807, 2.05) is 0 Å². The molecule has 0 radical (unpaired) electrons. The van der Waals surface area contributed by atoms with E-state index in [4.69, 9.17) is 0 Å². The number of rotatable bonds is 6. The molecule has 3 rings (SSSR count). The minimum Gasteiger partial charge on any atom is -0.380 e. The van der Waals surface area contributed by atoms with Gasteiger partial charge in [0.25, 0.3) is 23.7 Å². The van der Waals surface area contributed by atoms with Gasteiger partial charge in [0, 0.05) is 13.1 Å². The highest BCUT2D eigenvalue weighted by molar-refractivity contribution is 6.21. The van der Waals surface area contributed by atoms with Crippen LogP contribution in [0.3, 0.4) is 0 Å². The number of nitrogens with one attached hydrogen (secondary N) is 1. The summed E-state index contributed by atoms with van der Waals surface area (Å²) in [6, 6.07) is 6.45. The van der Waals surface area contributed by atoms with Crippen molar-refractivity contribution >= 4 is 17.5 Å². The van der Waals surface area contributed by atoms with Crippen LogP contribution in [0.15, 0.2) is 24.3 Å². The van der Waals surface area contributed by atoms with E-state index in [9.17, 15) is 27.2 Å². The fourth-order valence-corrected chi connectivity index (χ4v) is 2.69. The van der Waals surface area contributed by atoms with Crippen LogP contribution in [-0.2, 0) is 0 Å². The number of carbonyl (C=O) groups excluding carboxylic acids is 2. The van der Waals surface area contributed by atoms with Gasteiger partial charge in [-0.3, -0.25) is 14.5 Å². The number of carbonyl (C=O) groups is 2. The summed E-state index contributed by atoms with van der Waals surface area (Å²) in [5.74, 6) is -7.48. The van der Waals surface area contributed by atoms with Gasteiger partial charge < -0.3 is 5.32 Å². The van der Waals surface area contributed by atoms with Crippen molar-refractivity contribution in [3.63, 3.8) is 0 Å². The van der Waals surface area contributed by atoms with Gasteiger partial charge in [-0.1, -0.05) is 12.1 Å². The number of halogens is 4. The molecular formula is C17H13F4N3O2. The Labute approximate surface area is 145 Å². The first kappa shape index (κ1) is 17.8. The number of anilines is 1. The number of pyridine rings is 1. The van der Waals surface area contributed by atoms with Crippen LogP contribution in [-0.4, -0.2) is 34.8 Å². The van der Waals surface area contributed by atoms with Crippen molar-refractivity contribution in [1.29, 1.82) is 0 Å². The molecule has 0 bridgehead atoms. The molecule has 2 aromatic rings. The van der Waals surface area contributed by atoms with E-state index < -0.39 is 41.0 Å². The van der Waals surface area contributed by atoms with Crippen LogP contribution < -0.4 is 5.32 Å². The van der Waals surface area contributed by atoms with Gasteiger partial charge in [-0.15, -0.1) is 0 Å². The Balaban J connectivity index is 1.54. The van der Waals surface area contributed by atoms with Gasteiger partial charge in [-0.25, -0.2) is 0 Å². The molecule has 2 amide bonds. The van der Waals surface area contributed by atoms with Gasteiger partial charge in [-0.2, -0.15) is 22.5 Å². The molecule has 0 atom stereocenters. The van der Waals surface area contributed by atoms with Gasteiger partial charge in [0.05, 0.1) is 11.1 Å². The number of fused-ring (bicyclic) bond motifs is 1. The number of hydrogen-bond acceptors (Lipinski definition) is 4. The van der Waals surface area contributed by atoms with Crippen LogP contribution >= 0.6 is 0 Å². The molecule has 9 heteroatoms. The molecule has 0 fully saturated rings. The summed E-state index contributed by atoms with van der Waals surface area (Å²) in [5, 5.41) is 2.27. The lowest BCUT2D eigenvalue weighted by atomic mass is 10.1. The lowest BCUT2D eigenvalue weighted by molar-refractivity contribution is 0.0652. The van der Waals surface area contributed by atoms with Gasteiger partial charge in [0.15, 0.2) is 0 Å². The molecule has 0 unspecified atom stereocenters. The zero-order valence-electron chi connectivity index (χ0n) is 13.4. The fraction of sp³-hybridized carbons (Fsp3) is 0.235. The molecule has 1 N–H and O–H groups in total. The normalized spacial score (nSPS) is 13.3. The predicted molar refractivity (Wildman–Crippen MR) is 83.6 cm³/mol. The monoisotopic (exact) mass is 367 g/mol. The standard InChI is InChI=1S/C17H13F4N3O2/c18-11-13(12(19)15(21)23-14(11)20)22-7-3-4-8-24-16(25)9-5-1-2-6-10(9)17(24)26/h1-2,5-6H,3-4,7-8H2,(H,22,23). The predicted octanol–water partition coefficient (Wildman–Crippen LogP) is 3.13. The van der Waals surface area contributed by atoms with Crippen LogP contribution in [0.1, 0.15) is 33.6 Å². The summed E-state index contributed by atoms with van der Waals surface area (Å²) >= 11 is 0. The Morgan fingerprint density at radius 1 is 0.885 bits per heavy atom. The molecule has 1 aliphatic heterocycles. The lowest BCUT2D eigenvalue weighted by Crippen LogP contribution is -2.31. The summed E-state index contributed by atoms with van der Waals surface area (Å²) in [4.78, 5) is 27.9. The lowest BCUT2D eigenvalue weighted by Gasteiger charge is -2.14. The number of imide groups is 1. The van der Waals surface area contributed by atoms with E-state index in [0.717, 1.165) is 4.90 Å². The first-order chi connectivity index (χ1) is 12.4. The fourth-order valence-electron chi connectivity index (χ4n) is 2.69. The van der Waals surface area contributed by atoms with Crippen LogP contribution in [0.25, 0.3) is 0 Å². The molecule has 1 aromatic heterocycles. The number of aromatic nitrogens is 1. The highest BCUT2D eigenvalue weighted by Gasteiger charge is 2.34. The van der Waals surface area contributed by atoms with E-state index in [2.05, 4.69) is 10.3 Å². The van der Waals surface area contributed by atoms with Crippen LogP contribution in [0.2, 0.25) is 0 Å². The topological polar surface area (TPSA) is 62.3 Å². The van der Waals surface area contributed by atoms with Crippen molar-refractivity contribution in [2.24, 2.45) is 0 Å². The Kier molecular flexibility index (Phi) is 4.88. The number of unbranched alkanes of at least 4 members (excludes halogenated alkanes) is 1. The number of nitrogens with zero attached hydrogens (tertiary/aromatic N) is 2. The molecule has 0 saturated carbocycles. The number of amides is 2. The van der Waals surface area contributed by atoms with E-state index in [0.29, 0.717) is 24.0 Å². The van der Waals surface area contributed by atoms with E-state index >= 15 is 0 Å². The van der Waals surface area contributed by atoms with E-state index in [-0.39, 0.29) is 13.1 Å². The molecule has 0 aliphatic carbocycles. The maximum absolute atomic E-state index is 13.4. The average molecular weight is 367 g/mol. The Bertz CT molecular complexity index is 827. The van der Waals surface area contributed by atoms with Crippen molar-refractivity contribution in [3.05, 3.63) is 58.9 Å². The van der Waals surface area contributed by atoms with E-state index in [1.54, 1.807) is 24.3 Å². The zero-order chi connectivity index (χ0) is 18.8. The van der Waals surface area contributed by atoms with Gasteiger partial charge in [0.2, 0.25) is 11.6 Å². The second-order valence-corrected chi connectivity index (χ2v) is 5.64. The molecule has 26 heavy (non-hydrogen) atoms. The molecule has 0 spiro atoms. The van der Waals surface area contributed by atoms with E-state index in [1.165, 1.54) is 0 Å². The van der Waals surface area contributed by atoms with Crippen molar-refractivity contribution < 1.29 is 27.2 Å². The summed E-state index contributed by atoms with van der Waals surface area (Å²) in [6.45, 7) is 0.109. The maximum atomic E-state index is 13.4. The molecule has 136 valence electrons. The number of hydrogen-bond donors (Lipinski definition) is 1. The summed E-state index contributed by atoms with van der Waals surface area (Å²) in [7, 11) is 0. The van der Waals surface area contributed by atoms with Crippen LogP contribution in [0, 0.1) is 23.5 Å². The number of benzene rings is 1. The molecular weight excluding hydrogens is 354 g/mol. The summed E-state index contributed by atoms with van der Waals surface area (Å²) < 4.78 is 52.9. The Morgan fingerprint density at radius 3 is 1.96 bits per heavy atom. The SMILES string of the molecule is O=C1c2ccccc2C(=O)N1CCCCNc1c(F)c(F)nc(F)c1F. The minimum atomic E-state index is -1.74. The quantitative estimate of drug-likeness (QED) is 0.369. The van der Waals surface area contributed by atoms with Gasteiger partial charge in [-0.05, 0) is 25.0 Å². The molecule has 0 saturated heterocycles. The molecule has 5 nitrogen and oxygen atoms in total. The maximum Gasteiger partial charge on any atom is 0.261 e. The average Bonchev–Trinajstić information content (AvgIpc) is 2.87. The largest absolute Gasteiger partial charge is 0.380 e. The molecule has 2 heterocycles. The second kappa shape index (κ2) is 7.11. The highest BCUT2D eigenvalue weighted by Crippen LogP contribution is 2.23. The molecule has 1 aliphatic rings. The first-order valence-electron chi connectivity index (χ1n) is 7.81. The Morgan fingerprint density at radius 2 is 1.42 bits per heavy atom. The van der Waals surface area contributed by atoms with Crippen molar-refractivity contribution in [3.8, 4) is 0 Å². The van der Waals surface area contributed by atoms with Crippen LogP contribution in [0.4, 0.5) is 23.2 Å². The van der Waals surface area contributed by atoms with Gasteiger partial charge >= 0.3 is 0 Å². The van der Waals surface area contributed by atoms with Gasteiger partial charge in [0.1, 0.15) is 5.69 Å². The third-order valence-electron chi connectivity index (χ3n) is 3.99. The summed E-state index contributed by atoms with van der Waals surface area (Å²) in [5.41, 5.74) is -0.263. The minimum absolute atomic E-state index is 0.0140. The summed E-state index contributed by atoms with van der Waals surface area (Å²) in [6.07, 6.45) is 0.648. The highest BCUT2D eigenvalue weighted by atomic mass is 19.2. The van der Waals surface area contributed by atoms with Crippen LogP contribution in [0.5, 0.6) is 0 Å². The third-order valence-corrected chi connectivity index (χ3v) is 3.99. The van der Waals surface area contributed by atoms with Crippen molar-refractivity contribution in [1.82, 2.24) is 9.88 Å². The van der Waals surface area contributed by atoms with Crippen molar-refractivity contribution in [2.45, 2.75) is 12.8 Å². The van der Waals surface area contributed by atoms with Crippen molar-refractivity contribution in [2.75, 3.05) is 18.4 Å². The second-order valence-electron chi connectivity index (χ2n) is 5.64. The third kappa shape index (κ3) is 3.12. The molecule has 1 aromatic carbocycles. The zero-order valence-corrected chi connectivity index (χ0v) is 13.4. The smallest absolute Gasteiger partial charge is 0.261 e. The first-order valence-corrected chi connectivity index (χ1v) is 7.81.